The second-order valence-electron chi connectivity index (χ2n) is 4.63. The molecular weight excluding hydrogens is 242 g/mol. The zero-order valence-corrected chi connectivity index (χ0v) is 10.7. The van der Waals surface area contributed by atoms with E-state index in [0.29, 0.717) is 13.2 Å². The maximum atomic E-state index is 5.67. The molecule has 19 heavy (non-hydrogen) atoms. The molecule has 1 aliphatic rings. The highest BCUT2D eigenvalue weighted by atomic mass is 16.5. The van der Waals surface area contributed by atoms with Gasteiger partial charge in [-0.2, -0.15) is 0 Å². The zero-order valence-electron chi connectivity index (χ0n) is 10.7. The second-order valence-corrected chi connectivity index (χ2v) is 4.63. The third kappa shape index (κ3) is 2.31. The van der Waals surface area contributed by atoms with E-state index in [1.807, 2.05) is 22.9 Å². The summed E-state index contributed by atoms with van der Waals surface area (Å²) in [7, 11) is 0. The fourth-order valence-electron chi connectivity index (χ4n) is 2.47. The summed E-state index contributed by atoms with van der Waals surface area (Å²) in [6.07, 6.45) is 1.78. The summed E-state index contributed by atoms with van der Waals surface area (Å²) in [5.74, 6) is 2.05. The topological polar surface area (TPSA) is 78.9 Å². The molecule has 1 unspecified atom stereocenters. The van der Waals surface area contributed by atoms with E-state index < -0.39 is 0 Å². The smallest absolute Gasteiger partial charge is 0.158 e. The Bertz CT molecular complexity index is 553. The van der Waals surface area contributed by atoms with Crippen LogP contribution in [0.2, 0.25) is 0 Å². The van der Waals surface area contributed by atoms with Crippen molar-refractivity contribution in [2.75, 3.05) is 13.2 Å². The lowest BCUT2D eigenvalue weighted by molar-refractivity contribution is 0.272. The molecule has 1 aromatic heterocycles. The maximum absolute atomic E-state index is 5.67. The summed E-state index contributed by atoms with van der Waals surface area (Å²) in [6, 6.07) is 8.09. The number of hydrogen-bond acceptors (Lipinski definition) is 5. The van der Waals surface area contributed by atoms with Crippen molar-refractivity contribution in [3.8, 4) is 5.75 Å². The Labute approximate surface area is 111 Å². The number of benzene rings is 1. The Morgan fingerprint density at radius 3 is 3.16 bits per heavy atom. The van der Waals surface area contributed by atoms with Gasteiger partial charge in [0.25, 0.3) is 0 Å². The maximum Gasteiger partial charge on any atom is 0.158 e. The molecule has 2 N–H and O–H groups in total. The average molecular weight is 259 g/mol. The SMILES string of the molecule is NCCCn1nnnc1C1CCOc2ccccc21. The number of tetrazole rings is 1. The number of aromatic nitrogens is 4. The number of hydrogen-bond donors (Lipinski definition) is 1. The van der Waals surface area contributed by atoms with Gasteiger partial charge in [-0.25, -0.2) is 4.68 Å². The number of nitrogens with two attached hydrogens (primary N) is 1. The van der Waals surface area contributed by atoms with E-state index in [-0.39, 0.29) is 5.92 Å². The molecule has 1 aliphatic heterocycles. The summed E-state index contributed by atoms with van der Waals surface area (Å²) >= 11 is 0. The fourth-order valence-corrected chi connectivity index (χ4v) is 2.47. The quantitative estimate of drug-likeness (QED) is 0.884. The van der Waals surface area contributed by atoms with Gasteiger partial charge in [0, 0.05) is 12.1 Å². The van der Waals surface area contributed by atoms with Crippen LogP contribution in [-0.2, 0) is 6.54 Å². The number of rotatable bonds is 4. The van der Waals surface area contributed by atoms with Crippen LogP contribution < -0.4 is 10.5 Å². The van der Waals surface area contributed by atoms with E-state index in [0.717, 1.165) is 36.5 Å². The predicted octanol–water partition coefficient (Wildman–Crippen LogP) is 0.936. The lowest BCUT2D eigenvalue weighted by Gasteiger charge is -2.24. The van der Waals surface area contributed by atoms with Crippen LogP contribution in [0.25, 0.3) is 0 Å². The second kappa shape index (κ2) is 5.36. The van der Waals surface area contributed by atoms with Crippen LogP contribution in [0.3, 0.4) is 0 Å². The minimum Gasteiger partial charge on any atom is -0.493 e. The number of ether oxygens (including phenoxy) is 1. The normalized spacial score (nSPS) is 17.8. The van der Waals surface area contributed by atoms with E-state index in [1.165, 1.54) is 0 Å². The number of para-hydroxylation sites is 1. The highest BCUT2D eigenvalue weighted by molar-refractivity contribution is 5.40. The van der Waals surface area contributed by atoms with Crippen molar-refractivity contribution in [3.63, 3.8) is 0 Å². The molecule has 100 valence electrons. The number of aryl methyl sites for hydroxylation is 1. The van der Waals surface area contributed by atoms with E-state index in [9.17, 15) is 0 Å². The van der Waals surface area contributed by atoms with Crippen molar-refractivity contribution in [2.45, 2.75) is 25.3 Å². The van der Waals surface area contributed by atoms with Crippen molar-refractivity contribution < 1.29 is 4.74 Å². The summed E-state index contributed by atoms with van der Waals surface area (Å²) < 4.78 is 7.54. The van der Waals surface area contributed by atoms with Gasteiger partial charge >= 0.3 is 0 Å². The Morgan fingerprint density at radius 1 is 1.37 bits per heavy atom. The average Bonchev–Trinajstić information content (AvgIpc) is 2.92. The fraction of sp³-hybridized carbons (Fsp3) is 0.462. The molecule has 0 amide bonds. The van der Waals surface area contributed by atoms with Gasteiger partial charge in [0.2, 0.25) is 0 Å². The highest BCUT2D eigenvalue weighted by Gasteiger charge is 2.27. The molecule has 2 aromatic rings. The van der Waals surface area contributed by atoms with Crippen LogP contribution in [0.15, 0.2) is 24.3 Å². The first kappa shape index (κ1) is 12.1. The Balaban J connectivity index is 1.93. The molecular formula is C13H17N5O. The van der Waals surface area contributed by atoms with E-state index in [4.69, 9.17) is 10.5 Å². The molecule has 0 radical (unpaired) electrons. The van der Waals surface area contributed by atoms with Crippen LogP contribution in [0, 0.1) is 0 Å². The molecule has 1 aromatic carbocycles. The zero-order chi connectivity index (χ0) is 13.1. The standard InChI is InChI=1S/C13H17N5O/c14-7-3-8-18-13(15-16-17-18)11-6-9-19-12-5-2-1-4-10(11)12/h1-2,4-5,11H,3,6-9,14H2. The van der Waals surface area contributed by atoms with Gasteiger partial charge < -0.3 is 10.5 Å². The molecule has 6 heteroatoms. The molecule has 0 aliphatic carbocycles. The van der Waals surface area contributed by atoms with Gasteiger partial charge in [0.15, 0.2) is 5.82 Å². The summed E-state index contributed by atoms with van der Waals surface area (Å²) in [5.41, 5.74) is 6.71. The Morgan fingerprint density at radius 2 is 2.26 bits per heavy atom. The van der Waals surface area contributed by atoms with E-state index in [1.54, 1.807) is 0 Å². The molecule has 0 bridgehead atoms. The van der Waals surface area contributed by atoms with Gasteiger partial charge in [0.1, 0.15) is 5.75 Å². The first-order valence-corrected chi connectivity index (χ1v) is 6.58. The molecule has 6 nitrogen and oxygen atoms in total. The van der Waals surface area contributed by atoms with Crippen LogP contribution in [0.5, 0.6) is 5.75 Å². The monoisotopic (exact) mass is 259 g/mol. The van der Waals surface area contributed by atoms with E-state index in [2.05, 4.69) is 21.6 Å². The van der Waals surface area contributed by atoms with Crippen molar-refractivity contribution in [1.82, 2.24) is 20.2 Å². The molecule has 1 atom stereocenters. The summed E-state index contributed by atoms with van der Waals surface area (Å²) in [4.78, 5) is 0. The van der Waals surface area contributed by atoms with E-state index >= 15 is 0 Å². The lowest BCUT2D eigenvalue weighted by Crippen LogP contribution is -2.20. The molecule has 0 saturated heterocycles. The number of nitrogens with zero attached hydrogens (tertiary/aromatic N) is 4. The van der Waals surface area contributed by atoms with Gasteiger partial charge in [0.05, 0.1) is 12.5 Å². The molecule has 0 fully saturated rings. The van der Waals surface area contributed by atoms with Gasteiger partial charge in [-0.3, -0.25) is 0 Å². The predicted molar refractivity (Wildman–Crippen MR) is 69.9 cm³/mol. The minimum atomic E-state index is 0.206. The van der Waals surface area contributed by atoms with Crippen molar-refractivity contribution in [3.05, 3.63) is 35.7 Å². The Hall–Kier alpha value is -1.95. The van der Waals surface area contributed by atoms with Crippen LogP contribution in [0.1, 0.15) is 30.1 Å². The van der Waals surface area contributed by atoms with Gasteiger partial charge in [-0.15, -0.1) is 5.10 Å². The Kier molecular flexibility index (Phi) is 3.41. The molecule has 0 spiro atoms. The number of fused-ring (bicyclic) bond motifs is 1. The largest absolute Gasteiger partial charge is 0.493 e. The molecule has 3 rings (SSSR count). The summed E-state index contributed by atoms with van der Waals surface area (Å²) in [6.45, 7) is 2.10. The molecule has 2 heterocycles. The third-order valence-corrected chi connectivity index (χ3v) is 3.40. The van der Waals surface area contributed by atoms with Crippen LogP contribution in [0.4, 0.5) is 0 Å². The molecule has 0 saturated carbocycles. The summed E-state index contributed by atoms with van der Waals surface area (Å²) in [5, 5.41) is 12.1. The van der Waals surface area contributed by atoms with Crippen LogP contribution >= 0.6 is 0 Å². The van der Waals surface area contributed by atoms with Crippen molar-refractivity contribution in [1.29, 1.82) is 0 Å². The third-order valence-electron chi connectivity index (χ3n) is 3.40. The first-order valence-electron chi connectivity index (χ1n) is 6.58. The lowest BCUT2D eigenvalue weighted by atomic mass is 9.92. The first-order chi connectivity index (χ1) is 9.40. The van der Waals surface area contributed by atoms with Gasteiger partial charge in [-0.1, -0.05) is 18.2 Å². The van der Waals surface area contributed by atoms with Gasteiger partial charge in [-0.05, 0) is 35.9 Å². The van der Waals surface area contributed by atoms with Crippen molar-refractivity contribution in [2.24, 2.45) is 5.73 Å². The highest BCUT2D eigenvalue weighted by Crippen LogP contribution is 2.36. The minimum absolute atomic E-state index is 0.206. The van der Waals surface area contributed by atoms with Crippen LogP contribution in [-0.4, -0.2) is 33.4 Å². The van der Waals surface area contributed by atoms with Crippen molar-refractivity contribution >= 4 is 0 Å².